The van der Waals surface area contributed by atoms with Crippen molar-refractivity contribution in [3.63, 3.8) is 0 Å². The average Bonchev–Trinajstić information content (AvgIpc) is 3.40. The fourth-order valence-electron chi connectivity index (χ4n) is 1.11. The average molecular weight is 327 g/mol. The largest absolute Gasteiger partial charge is 0.368 e. The molecule has 0 aliphatic rings. The summed E-state index contributed by atoms with van der Waals surface area (Å²) in [6.45, 7) is 0. The second kappa shape index (κ2) is 15.7. The molecule has 0 atom stereocenters. The van der Waals surface area contributed by atoms with Crippen LogP contribution >= 0.6 is 0 Å². The zero-order valence-electron chi connectivity index (χ0n) is 11.6. The number of aromatic amines is 4. The Morgan fingerprint density at radius 2 is 0.429 bits per heavy atom. The molecule has 4 heterocycles. The van der Waals surface area contributed by atoms with E-state index in [1.165, 1.54) is 0 Å². The predicted molar refractivity (Wildman–Crippen MR) is 83.2 cm³/mol. The molecule has 0 fully saturated rings. The molecule has 0 aliphatic heterocycles. The summed E-state index contributed by atoms with van der Waals surface area (Å²) in [6, 6.07) is 15.6. The third kappa shape index (κ3) is 13.9. The molecule has 4 nitrogen and oxygen atoms in total. The Bertz CT molecular complexity index is 351. The number of nitrogens with one attached hydrogen (secondary N) is 4. The number of hydrogen-bond acceptors (Lipinski definition) is 0. The van der Waals surface area contributed by atoms with Gasteiger partial charge in [0.2, 0.25) is 0 Å². The Morgan fingerprint density at radius 3 is 0.476 bits per heavy atom. The van der Waals surface area contributed by atoms with E-state index in [9.17, 15) is 0 Å². The Morgan fingerprint density at radius 1 is 0.286 bits per heavy atom. The Kier molecular flexibility index (Phi) is 13.9. The van der Waals surface area contributed by atoms with Crippen LogP contribution in [-0.2, 0) is 16.8 Å². The van der Waals surface area contributed by atoms with Crippen LogP contribution in [0.5, 0.6) is 0 Å². The third-order valence-corrected chi connectivity index (χ3v) is 1.98. The molecule has 113 valence electrons. The van der Waals surface area contributed by atoms with Gasteiger partial charge >= 0.3 is 0 Å². The molecule has 0 saturated carbocycles. The van der Waals surface area contributed by atoms with Crippen LogP contribution in [0.25, 0.3) is 0 Å². The van der Waals surface area contributed by atoms with Crippen LogP contribution in [0.2, 0.25) is 0 Å². The van der Waals surface area contributed by atoms with Gasteiger partial charge in [-0.25, -0.2) is 0 Å². The maximum absolute atomic E-state index is 2.86. The number of rotatable bonds is 0. The Balaban J connectivity index is 0.000000250. The van der Waals surface area contributed by atoms with Gasteiger partial charge in [0.25, 0.3) is 0 Å². The van der Waals surface area contributed by atoms with Gasteiger partial charge in [-0.3, -0.25) is 0 Å². The maximum atomic E-state index is 2.86. The summed E-state index contributed by atoms with van der Waals surface area (Å²) in [4.78, 5) is 11.4. The first-order chi connectivity index (χ1) is 10.0. The molecule has 0 bridgehead atoms. The predicted octanol–water partition coefficient (Wildman–Crippen LogP) is 4.06. The van der Waals surface area contributed by atoms with Gasteiger partial charge in [0.15, 0.2) is 0 Å². The van der Waals surface area contributed by atoms with Crippen LogP contribution in [0.3, 0.4) is 0 Å². The minimum absolute atomic E-state index is 0. The summed E-state index contributed by atoms with van der Waals surface area (Å²) in [5, 5.41) is 0. The summed E-state index contributed by atoms with van der Waals surface area (Å²) in [5.41, 5.74) is 0. The smallest absolute Gasteiger partial charge is 0.000496 e. The van der Waals surface area contributed by atoms with Crippen LogP contribution in [0.1, 0.15) is 0 Å². The summed E-state index contributed by atoms with van der Waals surface area (Å²) < 4.78 is 0. The molecule has 0 aromatic carbocycles. The molecule has 0 saturated heterocycles. The van der Waals surface area contributed by atoms with Crippen LogP contribution in [0.4, 0.5) is 0 Å². The van der Waals surface area contributed by atoms with E-state index in [2.05, 4.69) is 19.9 Å². The zero-order chi connectivity index (χ0) is 14.1. The van der Waals surface area contributed by atoms with Crippen molar-refractivity contribution in [3.8, 4) is 0 Å². The van der Waals surface area contributed by atoms with E-state index in [-0.39, 0.29) is 16.8 Å². The SMILES string of the molecule is [Co].c1cc[nH]c1.c1cc[nH]c1.c1cc[nH]c1.c1cc[nH]c1. The molecule has 0 aliphatic carbocycles. The molecule has 0 amide bonds. The molecular formula is C16H20CoN4. The van der Waals surface area contributed by atoms with Crippen molar-refractivity contribution in [3.05, 3.63) is 98.1 Å². The van der Waals surface area contributed by atoms with Crippen LogP contribution in [-0.4, -0.2) is 19.9 Å². The number of H-pyrrole nitrogens is 4. The first-order valence-corrected chi connectivity index (χ1v) is 6.31. The van der Waals surface area contributed by atoms with Gasteiger partial charge < -0.3 is 19.9 Å². The van der Waals surface area contributed by atoms with Crippen molar-refractivity contribution >= 4 is 0 Å². The third-order valence-electron chi connectivity index (χ3n) is 1.98. The fourth-order valence-corrected chi connectivity index (χ4v) is 1.11. The van der Waals surface area contributed by atoms with E-state index in [0.29, 0.717) is 0 Å². The number of hydrogen-bond donors (Lipinski definition) is 4. The van der Waals surface area contributed by atoms with Crippen LogP contribution < -0.4 is 0 Å². The van der Waals surface area contributed by atoms with Gasteiger partial charge in [0.05, 0.1) is 0 Å². The second-order valence-corrected chi connectivity index (χ2v) is 3.54. The number of aromatic nitrogens is 4. The normalized spacial score (nSPS) is 7.62. The van der Waals surface area contributed by atoms with Crippen molar-refractivity contribution in [1.82, 2.24) is 19.9 Å². The van der Waals surface area contributed by atoms with Gasteiger partial charge in [-0.2, -0.15) is 0 Å². The molecular weight excluding hydrogens is 307 g/mol. The first kappa shape index (κ1) is 18.6. The van der Waals surface area contributed by atoms with E-state index in [0.717, 1.165) is 0 Å². The van der Waals surface area contributed by atoms with E-state index in [1.807, 2.05) is 98.1 Å². The molecule has 21 heavy (non-hydrogen) atoms. The standard InChI is InChI=1S/4C4H5N.Co/c4*1-2-4-5-3-1;/h4*1-5H;. The van der Waals surface area contributed by atoms with Crippen LogP contribution in [0, 0.1) is 0 Å². The monoisotopic (exact) mass is 327 g/mol. The molecule has 0 unspecified atom stereocenters. The minimum atomic E-state index is 0. The summed E-state index contributed by atoms with van der Waals surface area (Å²) in [5.74, 6) is 0. The topological polar surface area (TPSA) is 63.2 Å². The van der Waals surface area contributed by atoms with Crippen molar-refractivity contribution in [2.75, 3.05) is 0 Å². The Labute approximate surface area is 135 Å². The van der Waals surface area contributed by atoms with Crippen LogP contribution in [0.15, 0.2) is 98.1 Å². The fraction of sp³-hybridized carbons (Fsp3) is 0. The van der Waals surface area contributed by atoms with Gasteiger partial charge in [0, 0.05) is 66.4 Å². The van der Waals surface area contributed by atoms with E-state index < -0.39 is 0 Å². The van der Waals surface area contributed by atoms with E-state index in [1.54, 1.807) is 0 Å². The Hall–Kier alpha value is -2.37. The van der Waals surface area contributed by atoms with Crippen molar-refractivity contribution < 1.29 is 16.8 Å². The molecule has 4 rings (SSSR count). The quantitative estimate of drug-likeness (QED) is 0.376. The molecule has 4 aromatic heterocycles. The van der Waals surface area contributed by atoms with Crippen molar-refractivity contribution in [2.45, 2.75) is 0 Å². The molecule has 0 spiro atoms. The minimum Gasteiger partial charge on any atom is -0.368 e. The molecule has 4 N–H and O–H groups in total. The molecule has 5 heteroatoms. The zero-order valence-corrected chi connectivity index (χ0v) is 12.6. The summed E-state index contributed by atoms with van der Waals surface area (Å²) >= 11 is 0. The van der Waals surface area contributed by atoms with Crippen molar-refractivity contribution in [1.29, 1.82) is 0 Å². The van der Waals surface area contributed by atoms with Gasteiger partial charge in [-0.05, 0) is 48.5 Å². The maximum Gasteiger partial charge on any atom is 0.000496 e. The van der Waals surface area contributed by atoms with E-state index in [4.69, 9.17) is 0 Å². The molecule has 4 aromatic rings. The second-order valence-electron chi connectivity index (χ2n) is 3.54. The van der Waals surface area contributed by atoms with Crippen molar-refractivity contribution in [2.24, 2.45) is 0 Å². The van der Waals surface area contributed by atoms with E-state index >= 15 is 0 Å². The van der Waals surface area contributed by atoms with Gasteiger partial charge in [0.1, 0.15) is 0 Å². The summed E-state index contributed by atoms with van der Waals surface area (Å²) in [6.07, 6.45) is 15.0. The first-order valence-electron chi connectivity index (χ1n) is 6.31. The summed E-state index contributed by atoms with van der Waals surface area (Å²) in [7, 11) is 0. The molecule has 1 radical (unpaired) electrons. The van der Waals surface area contributed by atoms with Gasteiger partial charge in [-0.1, -0.05) is 0 Å². The van der Waals surface area contributed by atoms with Gasteiger partial charge in [-0.15, -0.1) is 0 Å².